The summed E-state index contributed by atoms with van der Waals surface area (Å²) in [5.41, 5.74) is 4.18. The van der Waals surface area contributed by atoms with Crippen molar-refractivity contribution in [3.8, 4) is 0 Å². The van der Waals surface area contributed by atoms with Crippen LogP contribution in [-0.4, -0.2) is 12.7 Å². The van der Waals surface area contributed by atoms with E-state index in [9.17, 15) is 4.79 Å². The summed E-state index contributed by atoms with van der Waals surface area (Å²) in [6, 6.07) is 16.0. The summed E-state index contributed by atoms with van der Waals surface area (Å²) < 4.78 is 5.27. The molecule has 3 rings (SSSR count). The normalized spacial score (nSPS) is 16.3. The molecule has 0 bridgehead atoms. The SMILES string of the molecule is CCOC(=O)N1c2ccccc2C=C[C@@H]1c1ccc(C)cc1. The molecule has 0 fully saturated rings. The van der Waals surface area contributed by atoms with Crippen molar-refractivity contribution in [2.45, 2.75) is 19.9 Å². The molecule has 0 aromatic heterocycles. The van der Waals surface area contributed by atoms with Gasteiger partial charge < -0.3 is 4.74 Å². The Bertz CT molecular complexity index is 704. The van der Waals surface area contributed by atoms with Crippen LogP contribution < -0.4 is 4.90 Å². The number of para-hydroxylation sites is 1. The molecule has 0 spiro atoms. The van der Waals surface area contributed by atoms with Crippen molar-refractivity contribution in [3.63, 3.8) is 0 Å². The molecular weight excluding hydrogens is 274 g/mol. The van der Waals surface area contributed by atoms with Gasteiger partial charge >= 0.3 is 6.09 Å². The predicted octanol–water partition coefficient (Wildman–Crippen LogP) is 4.73. The highest BCUT2D eigenvalue weighted by molar-refractivity contribution is 5.93. The molecule has 1 aliphatic heterocycles. The van der Waals surface area contributed by atoms with Crippen molar-refractivity contribution >= 4 is 17.9 Å². The first kappa shape index (κ1) is 14.4. The number of amides is 1. The van der Waals surface area contributed by atoms with Crippen LogP contribution in [0, 0.1) is 6.92 Å². The minimum absolute atomic E-state index is 0.144. The van der Waals surface area contributed by atoms with E-state index in [4.69, 9.17) is 4.74 Å². The third-order valence-corrected chi connectivity index (χ3v) is 3.82. The van der Waals surface area contributed by atoms with Crippen LogP contribution in [-0.2, 0) is 4.74 Å². The summed E-state index contributed by atoms with van der Waals surface area (Å²) in [7, 11) is 0. The van der Waals surface area contributed by atoms with E-state index in [1.807, 2.05) is 37.3 Å². The fraction of sp³-hybridized carbons (Fsp3) is 0.211. The number of carbonyl (C=O) groups is 1. The monoisotopic (exact) mass is 293 g/mol. The molecule has 0 radical (unpaired) electrons. The van der Waals surface area contributed by atoms with Gasteiger partial charge in [-0.15, -0.1) is 0 Å². The van der Waals surface area contributed by atoms with Crippen LogP contribution in [0.15, 0.2) is 54.6 Å². The van der Waals surface area contributed by atoms with Crippen molar-refractivity contribution in [2.75, 3.05) is 11.5 Å². The molecule has 1 atom stereocenters. The zero-order chi connectivity index (χ0) is 15.5. The van der Waals surface area contributed by atoms with E-state index in [0.29, 0.717) is 6.61 Å². The Balaban J connectivity index is 2.05. The summed E-state index contributed by atoms with van der Waals surface area (Å²) in [5.74, 6) is 0. The lowest BCUT2D eigenvalue weighted by atomic mass is 9.97. The standard InChI is InChI=1S/C19H19NO2/c1-3-22-19(21)20-17-7-5-4-6-15(17)12-13-18(20)16-10-8-14(2)9-11-16/h4-13,18H,3H2,1-2H3/t18-/m1/s1. The number of rotatable bonds is 2. The molecule has 0 N–H and O–H groups in total. The van der Waals surface area contributed by atoms with Gasteiger partial charge in [-0.05, 0) is 31.0 Å². The van der Waals surface area contributed by atoms with Gasteiger partial charge in [0.05, 0.1) is 18.3 Å². The maximum Gasteiger partial charge on any atom is 0.415 e. The molecule has 1 heterocycles. The van der Waals surface area contributed by atoms with Gasteiger partial charge in [0.2, 0.25) is 0 Å². The number of aryl methyl sites for hydroxylation is 1. The van der Waals surface area contributed by atoms with E-state index in [-0.39, 0.29) is 12.1 Å². The highest BCUT2D eigenvalue weighted by Gasteiger charge is 2.29. The first-order valence-corrected chi connectivity index (χ1v) is 7.50. The number of hydrogen-bond donors (Lipinski definition) is 0. The van der Waals surface area contributed by atoms with Gasteiger partial charge in [0.15, 0.2) is 0 Å². The Labute approximate surface area is 130 Å². The Morgan fingerprint density at radius 2 is 1.86 bits per heavy atom. The molecule has 0 unspecified atom stereocenters. The lowest BCUT2D eigenvalue weighted by Crippen LogP contribution is -2.36. The summed E-state index contributed by atoms with van der Waals surface area (Å²) >= 11 is 0. The molecule has 3 heteroatoms. The largest absolute Gasteiger partial charge is 0.449 e. The maximum atomic E-state index is 12.5. The fourth-order valence-electron chi connectivity index (χ4n) is 2.71. The van der Waals surface area contributed by atoms with Crippen LogP contribution in [0.2, 0.25) is 0 Å². The summed E-state index contributed by atoms with van der Waals surface area (Å²) in [6.07, 6.45) is 3.80. The molecule has 3 nitrogen and oxygen atoms in total. The molecule has 0 aliphatic carbocycles. The number of hydrogen-bond acceptors (Lipinski definition) is 2. The lowest BCUT2D eigenvalue weighted by molar-refractivity contribution is 0.158. The minimum atomic E-state index is -0.315. The van der Waals surface area contributed by atoms with E-state index in [1.54, 1.807) is 4.90 Å². The van der Waals surface area contributed by atoms with Crippen molar-refractivity contribution in [2.24, 2.45) is 0 Å². The van der Waals surface area contributed by atoms with E-state index in [0.717, 1.165) is 16.8 Å². The first-order valence-electron chi connectivity index (χ1n) is 7.50. The van der Waals surface area contributed by atoms with Gasteiger partial charge in [0.1, 0.15) is 0 Å². The van der Waals surface area contributed by atoms with Crippen LogP contribution in [0.25, 0.3) is 6.08 Å². The topological polar surface area (TPSA) is 29.5 Å². The summed E-state index contributed by atoms with van der Waals surface area (Å²) in [4.78, 5) is 14.2. The molecule has 2 aromatic carbocycles. The van der Waals surface area contributed by atoms with Crippen LogP contribution >= 0.6 is 0 Å². The first-order chi connectivity index (χ1) is 10.7. The zero-order valence-corrected chi connectivity index (χ0v) is 12.8. The van der Waals surface area contributed by atoms with Crippen molar-refractivity contribution in [1.82, 2.24) is 0 Å². The molecule has 1 aliphatic rings. The Kier molecular flexibility index (Phi) is 3.96. The Morgan fingerprint density at radius 3 is 2.59 bits per heavy atom. The second kappa shape index (κ2) is 6.06. The van der Waals surface area contributed by atoms with Gasteiger partial charge in [-0.2, -0.15) is 0 Å². The Hall–Kier alpha value is -2.55. The zero-order valence-electron chi connectivity index (χ0n) is 12.8. The Morgan fingerprint density at radius 1 is 1.14 bits per heavy atom. The van der Waals surface area contributed by atoms with Gasteiger partial charge in [0.25, 0.3) is 0 Å². The summed E-state index contributed by atoms with van der Waals surface area (Å²) in [6.45, 7) is 4.24. The molecular formula is C19H19NO2. The van der Waals surface area contributed by atoms with Gasteiger partial charge in [-0.1, -0.05) is 60.2 Å². The number of ether oxygens (including phenoxy) is 1. The van der Waals surface area contributed by atoms with Crippen molar-refractivity contribution in [3.05, 3.63) is 71.3 Å². The second-order valence-electron chi connectivity index (χ2n) is 5.34. The third kappa shape index (κ3) is 2.62. The molecule has 2 aromatic rings. The van der Waals surface area contributed by atoms with Crippen LogP contribution in [0.3, 0.4) is 0 Å². The average molecular weight is 293 g/mol. The van der Waals surface area contributed by atoms with Crippen molar-refractivity contribution < 1.29 is 9.53 Å². The van der Waals surface area contributed by atoms with Gasteiger partial charge in [-0.3, -0.25) is 4.90 Å². The third-order valence-electron chi connectivity index (χ3n) is 3.82. The molecule has 22 heavy (non-hydrogen) atoms. The maximum absolute atomic E-state index is 12.5. The van der Waals surface area contributed by atoms with Crippen LogP contribution in [0.4, 0.5) is 10.5 Å². The molecule has 112 valence electrons. The van der Waals surface area contributed by atoms with Crippen LogP contribution in [0.5, 0.6) is 0 Å². The van der Waals surface area contributed by atoms with Gasteiger partial charge in [0, 0.05) is 0 Å². The number of anilines is 1. The number of carbonyl (C=O) groups excluding carboxylic acids is 1. The van der Waals surface area contributed by atoms with E-state index < -0.39 is 0 Å². The smallest absolute Gasteiger partial charge is 0.415 e. The fourth-order valence-corrected chi connectivity index (χ4v) is 2.71. The number of nitrogens with zero attached hydrogens (tertiary/aromatic N) is 1. The quantitative estimate of drug-likeness (QED) is 0.801. The van der Waals surface area contributed by atoms with Crippen LogP contribution in [0.1, 0.15) is 29.7 Å². The molecule has 1 amide bonds. The highest BCUT2D eigenvalue weighted by atomic mass is 16.6. The highest BCUT2D eigenvalue weighted by Crippen LogP contribution is 2.36. The molecule has 0 saturated carbocycles. The number of fused-ring (bicyclic) bond motifs is 1. The van der Waals surface area contributed by atoms with E-state index in [2.05, 4.69) is 37.3 Å². The van der Waals surface area contributed by atoms with Crippen molar-refractivity contribution in [1.29, 1.82) is 0 Å². The second-order valence-corrected chi connectivity index (χ2v) is 5.34. The van der Waals surface area contributed by atoms with E-state index >= 15 is 0 Å². The lowest BCUT2D eigenvalue weighted by Gasteiger charge is -2.33. The van der Waals surface area contributed by atoms with Gasteiger partial charge in [-0.25, -0.2) is 4.79 Å². The molecule has 0 saturated heterocycles. The average Bonchev–Trinajstić information content (AvgIpc) is 2.55. The summed E-state index contributed by atoms with van der Waals surface area (Å²) in [5, 5.41) is 0. The van der Waals surface area contributed by atoms with E-state index in [1.165, 1.54) is 5.56 Å². The minimum Gasteiger partial charge on any atom is -0.449 e. The number of benzene rings is 2. The predicted molar refractivity (Wildman–Crippen MR) is 88.9 cm³/mol.